The van der Waals surface area contributed by atoms with Crippen LogP contribution in [-0.4, -0.2) is 6.54 Å². The van der Waals surface area contributed by atoms with Crippen LogP contribution in [0.3, 0.4) is 0 Å². The molecule has 3 N–H and O–H groups in total. The quantitative estimate of drug-likeness (QED) is 0.658. The fourth-order valence-electron chi connectivity index (χ4n) is 1.25. The van der Waals surface area contributed by atoms with E-state index in [0.717, 1.165) is 17.9 Å². The number of nitrogens with two attached hydrogens (primary N) is 1. The van der Waals surface area contributed by atoms with Gasteiger partial charge in [-0.2, -0.15) is 0 Å². The van der Waals surface area contributed by atoms with Crippen LogP contribution in [0.4, 0.5) is 11.4 Å². The lowest BCUT2D eigenvalue weighted by molar-refractivity contribution is 1.19. The lowest BCUT2D eigenvalue weighted by atomic mass is 10.1. The highest BCUT2D eigenvalue weighted by molar-refractivity contribution is 5.71. The standard InChI is InChI=1S/C10H16N2/c1-4-12-10-8(3)7(2)5-6-9(10)11/h5-6,12H,4,11H2,1-3H3. The average Bonchev–Trinajstić information content (AvgIpc) is 2.06. The van der Waals surface area contributed by atoms with Crippen LogP contribution in [0.5, 0.6) is 0 Å². The monoisotopic (exact) mass is 164 g/mol. The maximum absolute atomic E-state index is 5.81. The molecule has 0 saturated heterocycles. The van der Waals surface area contributed by atoms with Gasteiger partial charge in [0.25, 0.3) is 0 Å². The minimum absolute atomic E-state index is 0.833. The zero-order valence-corrected chi connectivity index (χ0v) is 7.94. The molecule has 2 heteroatoms. The first-order valence-electron chi connectivity index (χ1n) is 4.26. The summed E-state index contributed by atoms with van der Waals surface area (Å²) in [5, 5.41) is 3.26. The van der Waals surface area contributed by atoms with Gasteiger partial charge < -0.3 is 11.1 Å². The molecule has 66 valence electrons. The van der Waals surface area contributed by atoms with E-state index in [0.29, 0.717) is 0 Å². The second kappa shape index (κ2) is 3.48. The van der Waals surface area contributed by atoms with Crippen molar-refractivity contribution in [3.63, 3.8) is 0 Å². The maximum Gasteiger partial charge on any atom is 0.0606 e. The molecular weight excluding hydrogens is 148 g/mol. The van der Waals surface area contributed by atoms with Crippen molar-refractivity contribution in [2.24, 2.45) is 0 Å². The second-order valence-corrected chi connectivity index (χ2v) is 3.00. The third-order valence-corrected chi connectivity index (χ3v) is 2.12. The van der Waals surface area contributed by atoms with Crippen LogP contribution >= 0.6 is 0 Å². The first-order valence-corrected chi connectivity index (χ1v) is 4.26. The highest BCUT2D eigenvalue weighted by Crippen LogP contribution is 2.25. The molecule has 0 radical (unpaired) electrons. The molecule has 0 aliphatic heterocycles. The van der Waals surface area contributed by atoms with Crippen molar-refractivity contribution in [2.75, 3.05) is 17.6 Å². The van der Waals surface area contributed by atoms with E-state index in [4.69, 9.17) is 5.73 Å². The molecule has 0 fully saturated rings. The van der Waals surface area contributed by atoms with E-state index in [9.17, 15) is 0 Å². The van der Waals surface area contributed by atoms with Gasteiger partial charge >= 0.3 is 0 Å². The molecule has 0 saturated carbocycles. The number of hydrogen-bond donors (Lipinski definition) is 2. The van der Waals surface area contributed by atoms with Gasteiger partial charge in [0, 0.05) is 6.54 Å². The Morgan fingerprint density at radius 2 is 2.00 bits per heavy atom. The van der Waals surface area contributed by atoms with Gasteiger partial charge in [-0.1, -0.05) is 6.07 Å². The van der Waals surface area contributed by atoms with Crippen LogP contribution < -0.4 is 11.1 Å². The van der Waals surface area contributed by atoms with Gasteiger partial charge in [0.2, 0.25) is 0 Å². The number of benzene rings is 1. The smallest absolute Gasteiger partial charge is 0.0606 e. The third kappa shape index (κ3) is 1.52. The number of rotatable bonds is 2. The molecule has 1 aromatic rings. The van der Waals surface area contributed by atoms with E-state index in [2.05, 4.69) is 26.1 Å². The van der Waals surface area contributed by atoms with Gasteiger partial charge in [0.15, 0.2) is 0 Å². The van der Waals surface area contributed by atoms with Crippen molar-refractivity contribution in [1.29, 1.82) is 0 Å². The Kier molecular flexibility index (Phi) is 2.58. The van der Waals surface area contributed by atoms with Gasteiger partial charge in [0.1, 0.15) is 0 Å². The molecule has 0 aliphatic carbocycles. The topological polar surface area (TPSA) is 38.0 Å². The number of nitrogen functional groups attached to an aromatic ring is 1. The van der Waals surface area contributed by atoms with E-state index < -0.39 is 0 Å². The molecule has 0 unspecified atom stereocenters. The summed E-state index contributed by atoms with van der Waals surface area (Å²) in [5.41, 5.74) is 10.3. The number of hydrogen-bond acceptors (Lipinski definition) is 2. The summed E-state index contributed by atoms with van der Waals surface area (Å²) in [4.78, 5) is 0. The fourth-order valence-corrected chi connectivity index (χ4v) is 1.25. The minimum atomic E-state index is 0.833. The van der Waals surface area contributed by atoms with E-state index in [1.54, 1.807) is 0 Å². The van der Waals surface area contributed by atoms with Crippen LogP contribution in [0.15, 0.2) is 12.1 Å². The van der Waals surface area contributed by atoms with E-state index in [-0.39, 0.29) is 0 Å². The van der Waals surface area contributed by atoms with Crippen molar-refractivity contribution < 1.29 is 0 Å². The van der Waals surface area contributed by atoms with Crippen molar-refractivity contribution in [3.8, 4) is 0 Å². The SMILES string of the molecule is CCNc1c(N)ccc(C)c1C. The molecule has 0 spiro atoms. The Hall–Kier alpha value is -1.18. The van der Waals surface area contributed by atoms with Crippen molar-refractivity contribution >= 4 is 11.4 Å². The summed E-state index contributed by atoms with van der Waals surface area (Å²) in [6.07, 6.45) is 0. The molecule has 1 aromatic carbocycles. The summed E-state index contributed by atoms with van der Waals surface area (Å²) >= 11 is 0. The summed E-state index contributed by atoms with van der Waals surface area (Å²) in [5.74, 6) is 0. The van der Waals surface area contributed by atoms with Crippen LogP contribution in [0.1, 0.15) is 18.1 Å². The van der Waals surface area contributed by atoms with Gasteiger partial charge in [0.05, 0.1) is 11.4 Å². The molecule has 0 atom stereocenters. The Morgan fingerprint density at radius 3 is 2.58 bits per heavy atom. The third-order valence-electron chi connectivity index (χ3n) is 2.12. The van der Waals surface area contributed by atoms with Gasteiger partial charge in [-0.15, -0.1) is 0 Å². The van der Waals surface area contributed by atoms with Crippen molar-refractivity contribution in [3.05, 3.63) is 23.3 Å². The molecule has 12 heavy (non-hydrogen) atoms. The van der Waals surface area contributed by atoms with Crippen molar-refractivity contribution in [2.45, 2.75) is 20.8 Å². The lowest BCUT2D eigenvalue weighted by Crippen LogP contribution is -2.03. The zero-order valence-electron chi connectivity index (χ0n) is 7.94. The van der Waals surface area contributed by atoms with E-state index in [1.165, 1.54) is 11.1 Å². The predicted molar refractivity (Wildman–Crippen MR) is 54.5 cm³/mol. The Morgan fingerprint density at radius 1 is 1.33 bits per heavy atom. The highest BCUT2D eigenvalue weighted by atomic mass is 14.9. The lowest BCUT2D eigenvalue weighted by Gasteiger charge is -2.12. The Balaban J connectivity index is 3.14. The molecule has 0 aromatic heterocycles. The largest absolute Gasteiger partial charge is 0.397 e. The maximum atomic E-state index is 5.81. The minimum Gasteiger partial charge on any atom is -0.397 e. The molecule has 2 nitrogen and oxygen atoms in total. The fraction of sp³-hybridized carbons (Fsp3) is 0.400. The first kappa shape index (κ1) is 8.91. The number of nitrogens with one attached hydrogen (secondary N) is 1. The first-order chi connectivity index (χ1) is 5.66. The Bertz CT molecular complexity index is 279. The van der Waals surface area contributed by atoms with Gasteiger partial charge in [-0.3, -0.25) is 0 Å². The normalized spacial score (nSPS) is 9.92. The summed E-state index contributed by atoms with van der Waals surface area (Å²) in [7, 11) is 0. The summed E-state index contributed by atoms with van der Waals surface area (Å²) in [6, 6.07) is 3.99. The van der Waals surface area contributed by atoms with Crippen molar-refractivity contribution in [1.82, 2.24) is 0 Å². The number of anilines is 2. The van der Waals surface area contributed by atoms with E-state index >= 15 is 0 Å². The number of aryl methyl sites for hydroxylation is 1. The Labute approximate surface area is 73.8 Å². The summed E-state index contributed by atoms with van der Waals surface area (Å²) in [6.45, 7) is 7.16. The highest BCUT2D eigenvalue weighted by Gasteiger charge is 2.02. The molecule has 0 bridgehead atoms. The summed E-state index contributed by atoms with van der Waals surface area (Å²) < 4.78 is 0. The zero-order chi connectivity index (χ0) is 9.14. The van der Waals surface area contributed by atoms with Gasteiger partial charge in [-0.05, 0) is 38.0 Å². The average molecular weight is 164 g/mol. The van der Waals surface area contributed by atoms with Crippen LogP contribution in [0.25, 0.3) is 0 Å². The molecule has 1 rings (SSSR count). The van der Waals surface area contributed by atoms with Crippen LogP contribution in [0, 0.1) is 13.8 Å². The molecule has 0 heterocycles. The predicted octanol–water partition coefficient (Wildman–Crippen LogP) is 2.32. The van der Waals surface area contributed by atoms with Gasteiger partial charge in [-0.25, -0.2) is 0 Å². The van der Waals surface area contributed by atoms with Crippen LogP contribution in [-0.2, 0) is 0 Å². The second-order valence-electron chi connectivity index (χ2n) is 3.00. The van der Waals surface area contributed by atoms with Crippen LogP contribution in [0.2, 0.25) is 0 Å². The van der Waals surface area contributed by atoms with E-state index in [1.807, 2.05) is 12.1 Å². The molecule has 0 amide bonds. The molecule has 0 aliphatic rings. The molecular formula is C10H16N2.